The average molecular weight is 179 g/mol. The summed E-state index contributed by atoms with van der Waals surface area (Å²) in [5.41, 5.74) is 7.09. The third kappa shape index (κ3) is 3.53. The first-order chi connectivity index (χ1) is 6.20. The van der Waals surface area contributed by atoms with Gasteiger partial charge in [0.05, 0.1) is 0 Å². The number of aromatic nitrogens is 1. The van der Waals surface area contributed by atoms with Crippen molar-refractivity contribution in [2.45, 2.75) is 12.5 Å². The van der Waals surface area contributed by atoms with Crippen molar-refractivity contribution in [3.05, 3.63) is 30.1 Å². The first-order valence-electron chi connectivity index (χ1n) is 4.50. The molecule has 0 amide bonds. The lowest BCUT2D eigenvalue weighted by Crippen LogP contribution is -2.20. The van der Waals surface area contributed by atoms with Gasteiger partial charge in [0.25, 0.3) is 0 Å². The summed E-state index contributed by atoms with van der Waals surface area (Å²) < 4.78 is 0. The van der Waals surface area contributed by atoms with E-state index in [2.05, 4.69) is 24.0 Å². The third-order valence-electron chi connectivity index (χ3n) is 2.00. The van der Waals surface area contributed by atoms with Gasteiger partial charge in [-0.15, -0.1) is 0 Å². The Morgan fingerprint density at radius 1 is 1.54 bits per heavy atom. The quantitative estimate of drug-likeness (QED) is 0.750. The van der Waals surface area contributed by atoms with Crippen LogP contribution in [0.2, 0.25) is 0 Å². The molecule has 1 aromatic heterocycles. The van der Waals surface area contributed by atoms with Crippen molar-refractivity contribution in [1.82, 2.24) is 9.88 Å². The molecule has 1 aromatic rings. The Morgan fingerprint density at radius 2 is 2.31 bits per heavy atom. The van der Waals surface area contributed by atoms with Crippen LogP contribution in [0.3, 0.4) is 0 Å². The van der Waals surface area contributed by atoms with Crippen molar-refractivity contribution in [2.75, 3.05) is 20.6 Å². The molecule has 0 saturated carbocycles. The van der Waals surface area contributed by atoms with Gasteiger partial charge in [-0.2, -0.15) is 0 Å². The minimum Gasteiger partial charge on any atom is -0.324 e. The Labute approximate surface area is 79.6 Å². The zero-order valence-corrected chi connectivity index (χ0v) is 8.27. The molecule has 13 heavy (non-hydrogen) atoms. The minimum atomic E-state index is 0.107. The van der Waals surface area contributed by atoms with Crippen molar-refractivity contribution >= 4 is 0 Å². The maximum absolute atomic E-state index is 5.98. The molecule has 1 rings (SSSR count). The van der Waals surface area contributed by atoms with Crippen LogP contribution in [0.1, 0.15) is 18.0 Å². The second kappa shape index (κ2) is 4.94. The number of pyridine rings is 1. The summed E-state index contributed by atoms with van der Waals surface area (Å²) in [7, 11) is 4.10. The molecule has 0 aliphatic heterocycles. The number of rotatable bonds is 4. The molecule has 0 fully saturated rings. The van der Waals surface area contributed by atoms with E-state index in [4.69, 9.17) is 5.73 Å². The van der Waals surface area contributed by atoms with Gasteiger partial charge >= 0.3 is 0 Å². The fraction of sp³-hybridized carbons (Fsp3) is 0.500. The van der Waals surface area contributed by atoms with Crippen LogP contribution in [0.15, 0.2) is 24.5 Å². The minimum absolute atomic E-state index is 0.107. The molecule has 0 aliphatic rings. The predicted molar refractivity (Wildman–Crippen MR) is 54.3 cm³/mol. The molecule has 0 saturated heterocycles. The standard InChI is InChI=1S/C10H17N3/c1-13(2)7-5-10(11)9-4-3-6-12-8-9/h3-4,6,8,10H,5,7,11H2,1-2H3. The smallest absolute Gasteiger partial charge is 0.0322 e. The highest BCUT2D eigenvalue weighted by molar-refractivity contribution is 5.12. The molecule has 0 radical (unpaired) electrons. The fourth-order valence-electron chi connectivity index (χ4n) is 1.16. The van der Waals surface area contributed by atoms with E-state index >= 15 is 0 Å². The fourth-order valence-corrected chi connectivity index (χ4v) is 1.16. The molecule has 0 bridgehead atoms. The highest BCUT2D eigenvalue weighted by atomic mass is 15.0. The first-order valence-corrected chi connectivity index (χ1v) is 4.50. The van der Waals surface area contributed by atoms with Crippen LogP contribution in [0, 0.1) is 0 Å². The van der Waals surface area contributed by atoms with Gasteiger partial charge in [-0.25, -0.2) is 0 Å². The summed E-state index contributed by atoms with van der Waals surface area (Å²) in [6.45, 7) is 1.01. The van der Waals surface area contributed by atoms with Gasteiger partial charge in [-0.1, -0.05) is 6.07 Å². The molecular weight excluding hydrogens is 162 g/mol. The van der Waals surface area contributed by atoms with Crippen molar-refractivity contribution < 1.29 is 0 Å². The summed E-state index contributed by atoms with van der Waals surface area (Å²) in [5.74, 6) is 0. The Kier molecular flexibility index (Phi) is 3.86. The van der Waals surface area contributed by atoms with Gasteiger partial charge in [0, 0.05) is 18.4 Å². The lowest BCUT2D eigenvalue weighted by Gasteiger charge is -2.14. The summed E-state index contributed by atoms with van der Waals surface area (Å²) >= 11 is 0. The van der Waals surface area contributed by atoms with Gasteiger partial charge in [0.15, 0.2) is 0 Å². The van der Waals surface area contributed by atoms with E-state index in [0.29, 0.717) is 0 Å². The molecule has 1 unspecified atom stereocenters. The van der Waals surface area contributed by atoms with Gasteiger partial charge in [-0.3, -0.25) is 4.98 Å². The number of hydrogen-bond acceptors (Lipinski definition) is 3. The van der Waals surface area contributed by atoms with Crippen molar-refractivity contribution in [3.8, 4) is 0 Å². The van der Waals surface area contributed by atoms with E-state index < -0.39 is 0 Å². The molecule has 0 spiro atoms. The van der Waals surface area contributed by atoms with Crippen LogP contribution < -0.4 is 5.73 Å². The normalized spacial score (nSPS) is 13.2. The van der Waals surface area contributed by atoms with Crippen LogP contribution in [0.4, 0.5) is 0 Å². The van der Waals surface area contributed by atoms with Crippen molar-refractivity contribution in [1.29, 1.82) is 0 Å². The van der Waals surface area contributed by atoms with Gasteiger partial charge in [0.2, 0.25) is 0 Å². The lowest BCUT2D eigenvalue weighted by molar-refractivity contribution is 0.382. The van der Waals surface area contributed by atoms with Crippen LogP contribution in [-0.2, 0) is 0 Å². The van der Waals surface area contributed by atoms with E-state index in [1.807, 2.05) is 18.3 Å². The second-order valence-electron chi connectivity index (χ2n) is 3.48. The van der Waals surface area contributed by atoms with E-state index in [9.17, 15) is 0 Å². The van der Waals surface area contributed by atoms with Gasteiger partial charge < -0.3 is 10.6 Å². The molecular formula is C10H17N3. The summed E-state index contributed by atoms with van der Waals surface area (Å²) in [5, 5.41) is 0. The Hall–Kier alpha value is -0.930. The summed E-state index contributed by atoms with van der Waals surface area (Å²) in [4.78, 5) is 6.17. The first kappa shape index (κ1) is 10.2. The van der Waals surface area contributed by atoms with E-state index in [-0.39, 0.29) is 6.04 Å². The van der Waals surface area contributed by atoms with E-state index in [0.717, 1.165) is 18.5 Å². The van der Waals surface area contributed by atoms with Crippen molar-refractivity contribution in [2.24, 2.45) is 5.73 Å². The molecule has 2 N–H and O–H groups in total. The van der Waals surface area contributed by atoms with Crippen LogP contribution in [0.25, 0.3) is 0 Å². The van der Waals surface area contributed by atoms with Crippen LogP contribution in [0.5, 0.6) is 0 Å². The highest BCUT2D eigenvalue weighted by Crippen LogP contribution is 2.11. The molecule has 1 atom stereocenters. The van der Waals surface area contributed by atoms with Crippen LogP contribution >= 0.6 is 0 Å². The van der Waals surface area contributed by atoms with Gasteiger partial charge in [0.1, 0.15) is 0 Å². The third-order valence-corrected chi connectivity index (χ3v) is 2.00. The Morgan fingerprint density at radius 3 is 2.85 bits per heavy atom. The zero-order chi connectivity index (χ0) is 9.68. The van der Waals surface area contributed by atoms with E-state index in [1.165, 1.54) is 0 Å². The Bertz CT molecular complexity index is 233. The monoisotopic (exact) mass is 179 g/mol. The maximum atomic E-state index is 5.98. The molecule has 3 heteroatoms. The Balaban J connectivity index is 2.44. The summed E-state index contributed by atoms with van der Waals surface area (Å²) in [6, 6.07) is 4.05. The van der Waals surface area contributed by atoms with Crippen LogP contribution in [-0.4, -0.2) is 30.5 Å². The van der Waals surface area contributed by atoms with E-state index in [1.54, 1.807) is 6.20 Å². The number of nitrogens with two attached hydrogens (primary N) is 1. The lowest BCUT2D eigenvalue weighted by atomic mass is 10.1. The molecule has 0 aromatic carbocycles. The molecule has 1 heterocycles. The molecule has 0 aliphatic carbocycles. The second-order valence-corrected chi connectivity index (χ2v) is 3.48. The molecule has 3 nitrogen and oxygen atoms in total. The summed E-state index contributed by atoms with van der Waals surface area (Å²) in [6.07, 6.45) is 4.57. The molecule has 72 valence electrons. The average Bonchev–Trinajstić information content (AvgIpc) is 2.15. The zero-order valence-electron chi connectivity index (χ0n) is 8.27. The van der Waals surface area contributed by atoms with Gasteiger partial charge in [-0.05, 0) is 38.7 Å². The predicted octanol–water partition coefficient (Wildman–Crippen LogP) is 1.03. The SMILES string of the molecule is CN(C)CCC(N)c1cccnc1. The number of hydrogen-bond donors (Lipinski definition) is 1. The topological polar surface area (TPSA) is 42.1 Å². The highest BCUT2D eigenvalue weighted by Gasteiger charge is 2.05. The number of nitrogens with zero attached hydrogens (tertiary/aromatic N) is 2. The van der Waals surface area contributed by atoms with Crippen molar-refractivity contribution in [3.63, 3.8) is 0 Å². The largest absolute Gasteiger partial charge is 0.324 e. The maximum Gasteiger partial charge on any atom is 0.0322 e.